The van der Waals surface area contributed by atoms with Crippen molar-refractivity contribution in [2.75, 3.05) is 7.11 Å². The molecule has 0 heterocycles. The van der Waals surface area contributed by atoms with Crippen molar-refractivity contribution in [2.45, 2.75) is 0 Å². The number of methoxy groups -OCH3 is 1. The van der Waals surface area contributed by atoms with Crippen molar-refractivity contribution in [3.8, 4) is 5.75 Å². The first-order chi connectivity index (χ1) is 4.33. The summed E-state index contributed by atoms with van der Waals surface area (Å²) in [6, 6.07) is 7.92. The lowest BCUT2D eigenvalue weighted by atomic mass is 10.3. The highest BCUT2D eigenvalue weighted by Gasteiger charge is 1.86. The fourth-order valence-electron chi connectivity index (χ4n) is 0.571. The van der Waals surface area contributed by atoms with E-state index in [2.05, 4.69) is 22.6 Å². The van der Waals surface area contributed by atoms with Gasteiger partial charge in [-0.1, -0.05) is 0 Å². The predicted octanol–water partition coefficient (Wildman–Crippen LogP) is 3.21. The van der Waals surface area contributed by atoms with Gasteiger partial charge in [0.1, 0.15) is 5.75 Å². The lowest BCUT2D eigenvalue weighted by Crippen LogP contribution is -1.80. The Morgan fingerprint density at radius 3 is 1.40 bits per heavy atom. The molecule has 0 bridgehead atoms. The van der Waals surface area contributed by atoms with Gasteiger partial charge in [-0.2, -0.15) is 0 Å². The molecular formula is C7H13F6IO. The molecule has 0 aliphatic carbocycles. The second-order valence-corrected chi connectivity index (χ2v) is 2.90. The van der Waals surface area contributed by atoms with Crippen LogP contribution in [0.1, 0.15) is 0 Å². The topological polar surface area (TPSA) is 9.23 Å². The van der Waals surface area contributed by atoms with E-state index in [9.17, 15) is 0 Å². The Bertz CT molecular complexity index is 195. The van der Waals surface area contributed by atoms with Crippen LogP contribution in [0.3, 0.4) is 0 Å². The first kappa shape index (κ1) is 36.7. The predicted molar refractivity (Wildman–Crippen MR) is 60.7 cm³/mol. The van der Waals surface area contributed by atoms with E-state index in [4.69, 9.17) is 4.74 Å². The summed E-state index contributed by atoms with van der Waals surface area (Å²) in [6.07, 6.45) is 0. The molecule has 96 valence electrons. The van der Waals surface area contributed by atoms with Crippen LogP contribution in [0.4, 0.5) is 28.2 Å². The monoisotopic (exact) mass is 354 g/mol. The third kappa shape index (κ3) is 13.3. The van der Waals surface area contributed by atoms with E-state index < -0.39 is 0 Å². The van der Waals surface area contributed by atoms with Crippen LogP contribution < -0.4 is 4.74 Å². The van der Waals surface area contributed by atoms with E-state index in [-0.39, 0.29) is 28.2 Å². The zero-order valence-corrected chi connectivity index (χ0v) is 9.70. The third-order valence-corrected chi connectivity index (χ3v) is 1.77. The minimum atomic E-state index is 0. The molecule has 8 heteroatoms. The quantitative estimate of drug-likeness (QED) is 0.556. The molecule has 0 amide bonds. The fraction of sp³-hybridized carbons (Fsp3) is 0.143. The Morgan fingerprint density at radius 1 is 0.800 bits per heavy atom. The number of benzene rings is 1. The first-order valence-corrected chi connectivity index (χ1v) is 3.70. The second kappa shape index (κ2) is 19.0. The number of rotatable bonds is 1. The molecule has 0 aliphatic rings. The average Bonchev–Trinajstić information content (AvgIpc) is 1.90. The molecule has 0 unspecified atom stereocenters. The number of hydrogen-bond acceptors (Lipinski definition) is 1. The summed E-state index contributed by atoms with van der Waals surface area (Å²) >= 11 is 2.26. The maximum atomic E-state index is 4.97. The average molecular weight is 354 g/mol. The van der Waals surface area contributed by atoms with Gasteiger partial charge in [0.05, 0.1) is 7.11 Å². The summed E-state index contributed by atoms with van der Waals surface area (Å²) in [6.45, 7) is 0. The Kier molecular flexibility index (Phi) is 46.5. The van der Waals surface area contributed by atoms with Gasteiger partial charge in [0.25, 0.3) is 0 Å². The number of halogens is 7. The zero-order chi connectivity index (χ0) is 6.69. The van der Waals surface area contributed by atoms with Gasteiger partial charge in [0.2, 0.25) is 0 Å². The van der Waals surface area contributed by atoms with E-state index in [1.165, 1.54) is 3.57 Å². The highest BCUT2D eigenvalue weighted by atomic mass is 127. The van der Waals surface area contributed by atoms with Crippen LogP contribution in [-0.4, -0.2) is 7.11 Å². The molecule has 0 aromatic heterocycles. The van der Waals surface area contributed by atoms with Gasteiger partial charge in [-0.15, -0.1) is 0 Å². The van der Waals surface area contributed by atoms with Crippen molar-refractivity contribution < 1.29 is 33.0 Å². The second-order valence-electron chi connectivity index (χ2n) is 1.66. The molecule has 1 nitrogen and oxygen atoms in total. The molecule has 1 aromatic rings. The summed E-state index contributed by atoms with van der Waals surface area (Å²) < 4.78 is 6.20. The highest BCUT2D eigenvalue weighted by molar-refractivity contribution is 14.1. The van der Waals surface area contributed by atoms with Crippen LogP contribution >= 0.6 is 22.6 Å². The third-order valence-electron chi connectivity index (χ3n) is 1.05. The molecule has 0 N–H and O–H groups in total. The van der Waals surface area contributed by atoms with E-state index in [1.807, 2.05) is 24.3 Å². The Labute approximate surface area is 96.5 Å². The van der Waals surface area contributed by atoms with Crippen molar-refractivity contribution in [1.29, 1.82) is 0 Å². The van der Waals surface area contributed by atoms with Crippen molar-refractivity contribution >= 4 is 22.6 Å². The van der Waals surface area contributed by atoms with Crippen LogP contribution in [0.15, 0.2) is 24.3 Å². The molecule has 1 rings (SSSR count). The van der Waals surface area contributed by atoms with E-state index in [0.29, 0.717) is 0 Å². The first-order valence-electron chi connectivity index (χ1n) is 2.62. The van der Waals surface area contributed by atoms with Crippen LogP contribution in [0.5, 0.6) is 5.75 Å². The molecule has 0 saturated heterocycles. The highest BCUT2D eigenvalue weighted by Crippen LogP contribution is 2.11. The van der Waals surface area contributed by atoms with Gasteiger partial charge in [-0.05, 0) is 46.9 Å². The van der Waals surface area contributed by atoms with Crippen LogP contribution in [0, 0.1) is 3.57 Å². The summed E-state index contributed by atoms with van der Waals surface area (Å²) in [4.78, 5) is 0. The molecule has 0 aliphatic heterocycles. The van der Waals surface area contributed by atoms with Gasteiger partial charge < -0.3 is 4.74 Å². The van der Waals surface area contributed by atoms with Gasteiger partial charge in [-0.25, -0.2) is 0 Å². The molecule has 15 heavy (non-hydrogen) atoms. The molecule has 0 atom stereocenters. The molecule has 1 aromatic carbocycles. The normalized spacial score (nSPS) is 5.47. The number of ether oxygens (including phenoxy) is 1. The summed E-state index contributed by atoms with van der Waals surface area (Å²) in [5.74, 6) is 0.912. The minimum absolute atomic E-state index is 0. The van der Waals surface area contributed by atoms with Gasteiger partial charge >= 0.3 is 0 Å². The zero-order valence-electron chi connectivity index (χ0n) is 7.55. The molecule has 0 spiro atoms. The van der Waals surface area contributed by atoms with Crippen LogP contribution in [-0.2, 0) is 0 Å². The van der Waals surface area contributed by atoms with E-state index in [1.54, 1.807) is 7.11 Å². The largest absolute Gasteiger partial charge is 0.497 e. The molecular weight excluding hydrogens is 341 g/mol. The fourth-order valence-corrected chi connectivity index (χ4v) is 0.930. The van der Waals surface area contributed by atoms with Crippen molar-refractivity contribution in [3.63, 3.8) is 0 Å². The maximum Gasteiger partial charge on any atom is 0.118 e. The van der Waals surface area contributed by atoms with Crippen LogP contribution in [0.25, 0.3) is 0 Å². The smallest absolute Gasteiger partial charge is 0.118 e. The summed E-state index contributed by atoms with van der Waals surface area (Å²) in [7, 11) is 1.67. The standard InChI is InChI=1S/C7H7IO.6FH/c1-9-7-4-2-6(8)3-5-7;;;;;;/h2-5H,1H3;6*1H. The van der Waals surface area contributed by atoms with Crippen molar-refractivity contribution in [2.24, 2.45) is 0 Å². The van der Waals surface area contributed by atoms with E-state index in [0.717, 1.165) is 5.75 Å². The SMILES string of the molecule is COc1ccc(I)cc1.F.F.F.F.F.F. The Hall–Kier alpha value is -0.670. The maximum absolute atomic E-state index is 4.97. The molecule has 0 radical (unpaired) electrons. The Balaban J connectivity index is -0.0000000337. The molecule has 0 saturated carbocycles. The lowest BCUT2D eigenvalue weighted by Gasteiger charge is -1.96. The molecule has 0 fully saturated rings. The van der Waals surface area contributed by atoms with Crippen molar-refractivity contribution in [1.82, 2.24) is 0 Å². The van der Waals surface area contributed by atoms with Gasteiger partial charge in [0.15, 0.2) is 0 Å². The van der Waals surface area contributed by atoms with E-state index >= 15 is 0 Å². The minimum Gasteiger partial charge on any atom is -0.497 e. The summed E-state index contributed by atoms with van der Waals surface area (Å²) in [5.41, 5.74) is 0. The van der Waals surface area contributed by atoms with Crippen LogP contribution in [0.2, 0.25) is 0 Å². The lowest BCUT2D eigenvalue weighted by molar-refractivity contribution is 0.414. The van der Waals surface area contributed by atoms with Gasteiger partial charge in [-0.3, -0.25) is 28.2 Å². The van der Waals surface area contributed by atoms with Gasteiger partial charge in [0, 0.05) is 3.57 Å². The number of hydrogen-bond donors (Lipinski definition) is 0. The Morgan fingerprint density at radius 2 is 1.13 bits per heavy atom. The summed E-state index contributed by atoms with van der Waals surface area (Å²) in [5, 5.41) is 0. The van der Waals surface area contributed by atoms with Crippen molar-refractivity contribution in [3.05, 3.63) is 27.8 Å².